The minimum Gasteiger partial charge on any atom is -0.394 e. The Morgan fingerprint density at radius 3 is 1.90 bits per heavy atom. The summed E-state index contributed by atoms with van der Waals surface area (Å²) in [5.74, 6) is 0. The van der Waals surface area contributed by atoms with Crippen LogP contribution in [0.1, 0.15) is 116 Å². The number of hydrogen-bond acceptors (Lipinski definition) is 8. The number of nitrogens with zero attached hydrogens (tertiary/aromatic N) is 1. The van der Waals surface area contributed by atoms with Crippen molar-refractivity contribution in [1.29, 1.82) is 0 Å². The lowest BCUT2D eigenvalue weighted by Gasteiger charge is -2.47. The Morgan fingerprint density at radius 2 is 1.40 bits per heavy atom. The first-order chi connectivity index (χ1) is 19.4. The first-order valence-electron chi connectivity index (χ1n) is 15.5. The highest BCUT2D eigenvalue weighted by Gasteiger charge is 2.57. The zero-order chi connectivity index (χ0) is 29.2. The molecule has 0 aliphatic carbocycles. The third-order valence-electron chi connectivity index (χ3n) is 7.81. The van der Waals surface area contributed by atoms with Crippen molar-refractivity contribution in [3.8, 4) is 0 Å². The van der Waals surface area contributed by atoms with Gasteiger partial charge in [-0.2, -0.15) is 0 Å². The van der Waals surface area contributed by atoms with E-state index in [4.69, 9.17) is 9.47 Å². The molecule has 2 rings (SSSR count). The average Bonchev–Trinajstić information content (AvgIpc) is 2.94. The Balaban J connectivity index is 1.59. The molecule has 5 N–H and O–H groups in total. The number of aliphatic hydroxyl groups excluding tert-OH is 3. The van der Waals surface area contributed by atoms with Crippen molar-refractivity contribution in [3.63, 3.8) is 0 Å². The Bertz CT molecular complexity index is 906. The van der Waals surface area contributed by atoms with Gasteiger partial charge in [0, 0.05) is 31.9 Å². The smallest absolute Gasteiger partial charge is 0.330 e. The van der Waals surface area contributed by atoms with E-state index < -0.39 is 41.9 Å². The van der Waals surface area contributed by atoms with Gasteiger partial charge in [0.2, 0.25) is 5.72 Å². The molecule has 1 aromatic rings. The SMILES string of the molecule is CCCCCCCCCCCCCCCCCCOCC[C]1O[C@H](CO)[C@H](O)[C@H](O)[C@]1(O)n1ccc(=O)[nH]c1=O. The van der Waals surface area contributed by atoms with Gasteiger partial charge in [0.25, 0.3) is 5.56 Å². The maximum atomic E-state index is 12.3. The number of aliphatic hydroxyl groups is 4. The third kappa shape index (κ3) is 11.0. The fourth-order valence-electron chi connectivity index (χ4n) is 5.32. The lowest BCUT2D eigenvalue weighted by Crippen LogP contribution is -2.66. The largest absolute Gasteiger partial charge is 0.394 e. The van der Waals surface area contributed by atoms with E-state index in [1.165, 1.54) is 89.9 Å². The fraction of sp³-hybridized carbons (Fsp3) is 0.833. The van der Waals surface area contributed by atoms with Crippen LogP contribution in [-0.2, 0) is 15.2 Å². The molecule has 10 heteroatoms. The predicted molar refractivity (Wildman–Crippen MR) is 154 cm³/mol. The van der Waals surface area contributed by atoms with E-state index in [2.05, 4.69) is 6.92 Å². The quantitative estimate of drug-likeness (QED) is 0.133. The van der Waals surface area contributed by atoms with E-state index in [9.17, 15) is 30.0 Å². The lowest BCUT2D eigenvalue weighted by atomic mass is 9.87. The molecule has 2 heterocycles. The summed E-state index contributed by atoms with van der Waals surface area (Å²) >= 11 is 0. The molecule has 0 saturated carbocycles. The molecule has 0 bridgehead atoms. The molecule has 1 aliphatic rings. The summed E-state index contributed by atoms with van der Waals surface area (Å²) in [5, 5.41) is 41.8. The molecule has 0 aromatic carbocycles. The van der Waals surface area contributed by atoms with Crippen LogP contribution in [0.15, 0.2) is 21.9 Å². The summed E-state index contributed by atoms with van der Waals surface area (Å²) in [7, 11) is 0. The van der Waals surface area contributed by atoms with Gasteiger partial charge >= 0.3 is 5.69 Å². The van der Waals surface area contributed by atoms with Gasteiger partial charge in [-0.25, -0.2) is 4.79 Å². The summed E-state index contributed by atoms with van der Waals surface area (Å²) in [6.45, 7) is 2.33. The molecule has 1 aliphatic heterocycles. The second-order valence-corrected chi connectivity index (χ2v) is 11.1. The minimum atomic E-state index is -2.44. The van der Waals surface area contributed by atoms with Gasteiger partial charge in [-0.3, -0.25) is 14.3 Å². The molecule has 4 atom stereocenters. The van der Waals surface area contributed by atoms with Crippen molar-refractivity contribution in [1.82, 2.24) is 9.55 Å². The summed E-state index contributed by atoms with van der Waals surface area (Å²) in [6, 6.07) is 1.02. The first kappa shape index (κ1) is 34.6. The predicted octanol–water partition coefficient (Wildman–Crippen LogP) is 3.49. The van der Waals surface area contributed by atoms with Crippen molar-refractivity contribution >= 4 is 0 Å². The number of hydrogen-bond donors (Lipinski definition) is 5. The molecule has 1 fully saturated rings. The highest BCUT2D eigenvalue weighted by atomic mass is 16.6. The summed E-state index contributed by atoms with van der Waals surface area (Å²) in [5.41, 5.74) is -4.09. The van der Waals surface area contributed by atoms with Gasteiger partial charge in [-0.15, -0.1) is 0 Å². The van der Waals surface area contributed by atoms with Crippen LogP contribution >= 0.6 is 0 Å². The molecule has 40 heavy (non-hydrogen) atoms. The molecule has 0 spiro atoms. The number of H-pyrrole nitrogens is 1. The lowest BCUT2D eigenvalue weighted by molar-refractivity contribution is -0.270. The van der Waals surface area contributed by atoms with Gasteiger partial charge in [0.1, 0.15) is 18.3 Å². The van der Waals surface area contributed by atoms with Crippen LogP contribution < -0.4 is 11.2 Å². The zero-order valence-corrected chi connectivity index (χ0v) is 24.4. The van der Waals surface area contributed by atoms with E-state index in [-0.39, 0.29) is 19.1 Å². The van der Waals surface area contributed by atoms with E-state index in [0.29, 0.717) is 11.2 Å². The van der Waals surface area contributed by atoms with Gasteiger partial charge in [0.05, 0.1) is 6.61 Å². The van der Waals surface area contributed by atoms with Crippen molar-refractivity contribution in [2.45, 2.75) is 140 Å². The molecule has 10 nitrogen and oxygen atoms in total. The Kier molecular flexibility index (Phi) is 16.9. The van der Waals surface area contributed by atoms with E-state index in [1.54, 1.807) is 0 Å². The number of ether oxygens (including phenoxy) is 2. The molecule has 0 unspecified atom stereocenters. The van der Waals surface area contributed by atoms with Gasteiger partial charge in [0.15, 0.2) is 6.10 Å². The molecule has 1 saturated heterocycles. The molecular formula is C30H53N2O8. The van der Waals surface area contributed by atoms with Crippen LogP contribution in [0, 0.1) is 6.10 Å². The standard InChI is InChI=1S/C30H53N2O8/c1-2-3-4-5-6-7-8-9-10-11-12-13-14-15-16-17-21-39-22-19-25-30(38,28(36)27(35)24(23-33)40-25)32-20-18-26(34)31-29(32)37/h18,20,24,27-28,33,35-36,38H,2-17,19,21-23H2,1H3,(H,31,34,37)/t24-,27+,28+,30+/m1/s1. The molecular weight excluding hydrogens is 516 g/mol. The normalized spacial score (nSPS) is 23.6. The maximum Gasteiger partial charge on any atom is 0.330 e. The summed E-state index contributed by atoms with van der Waals surface area (Å²) in [6.07, 6.45) is 16.9. The van der Waals surface area contributed by atoms with Gasteiger partial charge in [-0.1, -0.05) is 103 Å². The maximum absolute atomic E-state index is 12.3. The van der Waals surface area contributed by atoms with Crippen LogP contribution in [0.3, 0.4) is 0 Å². The Hall–Kier alpha value is -1.56. The average molecular weight is 570 g/mol. The highest BCUT2D eigenvalue weighted by Crippen LogP contribution is 2.39. The van der Waals surface area contributed by atoms with Crippen molar-refractivity contribution in [2.75, 3.05) is 19.8 Å². The zero-order valence-electron chi connectivity index (χ0n) is 24.4. The minimum absolute atomic E-state index is 0.0151. The Labute approximate surface area is 238 Å². The van der Waals surface area contributed by atoms with E-state index >= 15 is 0 Å². The van der Waals surface area contributed by atoms with Gasteiger partial charge in [-0.05, 0) is 6.42 Å². The third-order valence-corrected chi connectivity index (χ3v) is 7.81. The molecule has 0 amide bonds. The number of unbranched alkanes of at least 4 members (excludes halogenated alkanes) is 15. The molecule has 1 radical (unpaired) electrons. The topological polar surface area (TPSA) is 154 Å². The first-order valence-corrected chi connectivity index (χ1v) is 15.5. The number of aromatic nitrogens is 2. The van der Waals surface area contributed by atoms with Crippen LogP contribution in [0.25, 0.3) is 0 Å². The van der Waals surface area contributed by atoms with Crippen molar-refractivity contribution in [3.05, 3.63) is 39.2 Å². The van der Waals surface area contributed by atoms with Crippen LogP contribution in [-0.4, -0.2) is 68.1 Å². The van der Waals surface area contributed by atoms with Crippen molar-refractivity contribution < 1.29 is 29.9 Å². The molecule has 231 valence electrons. The number of rotatable bonds is 22. The monoisotopic (exact) mass is 569 g/mol. The van der Waals surface area contributed by atoms with Crippen LogP contribution in [0.5, 0.6) is 0 Å². The van der Waals surface area contributed by atoms with Crippen LogP contribution in [0.4, 0.5) is 0 Å². The van der Waals surface area contributed by atoms with Crippen LogP contribution in [0.2, 0.25) is 0 Å². The Morgan fingerprint density at radius 1 is 0.875 bits per heavy atom. The summed E-state index contributed by atoms with van der Waals surface area (Å²) in [4.78, 5) is 25.8. The van der Waals surface area contributed by atoms with Gasteiger partial charge < -0.3 is 29.9 Å². The van der Waals surface area contributed by atoms with E-state index in [0.717, 1.165) is 25.1 Å². The second-order valence-electron chi connectivity index (χ2n) is 11.1. The second kappa shape index (κ2) is 19.5. The number of aromatic amines is 1. The van der Waals surface area contributed by atoms with Crippen molar-refractivity contribution in [2.24, 2.45) is 0 Å². The summed E-state index contributed by atoms with van der Waals surface area (Å²) < 4.78 is 12.0. The molecule has 1 aromatic heterocycles. The fourth-order valence-corrected chi connectivity index (χ4v) is 5.32. The highest BCUT2D eigenvalue weighted by molar-refractivity contribution is 5.11. The van der Waals surface area contributed by atoms with E-state index in [1.807, 2.05) is 4.98 Å². The number of nitrogens with one attached hydrogen (secondary N) is 1.